The number of aryl methyl sites for hydroxylation is 1. The van der Waals surface area contributed by atoms with Gasteiger partial charge in [-0.2, -0.15) is 5.10 Å². The summed E-state index contributed by atoms with van der Waals surface area (Å²) in [6, 6.07) is 2.12. The van der Waals surface area contributed by atoms with Gasteiger partial charge in [0.25, 0.3) is 0 Å². The first kappa shape index (κ1) is 13.5. The Kier molecular flexibility index (Phi) is 3.80. The number of hydrogen-bond acceptors (Lipinski definition) is 4. The molecule has 0 aliphatic heterocycles. The number of rotatable bonds is 4. The maximum Gasteiger partial charge on any atom is 0.229 e. The second-order valence-corrected chi connectivity index (χ2v) is 4.96. The van der Waals surface area contributed by atoms with E-state index in [1.54, 1.807) is 12.4 Å². The number of nitrogens with two attached hydrogens (primary N) is 1. The number of hydrogen-bond donors (Lipinski definition) is 1. The van der Waals surface area contributed by atoms with Crippen LogP contribution in [0.5, 0.6) is 11.6 Å². The summed E-state index contributed by atoms with van der Waals surface area (Å²) in [4.78, 5) is 4.46. The van der Waals surface area contributed by atoms with Crippen LogP contribution in [0, 0.1) is 6.92 Å². The molecule has 0 atom stereocenters. The van der Waals surface area contributed by atoms with Crippen LogP contribution in [-0.4, -0.2) is 19.8 Å². The molecule has 0 radical (unpaired) electrons. The van der Waals surface area contributed by atoms with Gasteiger partial charge in [0.2, 0.25) is 5.88 Å². The lowest BCUT2D eigenvalue weighted by atomic mass is 10.1. The molecule has 0 aliphatic rings. The standard InChI is InChI=1S/C13H16N4OS/c1-8(2)17-7-10(6-16-17)18-13-11(12(14)19)9(3)4-5-15-13/h4-8H,1-3H3,(H2,14,19). The van der Waals surface area contributed by atoms with E-state index in [9.17, 15) is 0 Å². The fraction of sp³-hybridized carbons (Fsp3) is 0.308. The highest BCUT2D eigenvalue weighted by Gasteiger charge is 2.13. The Morgan fingerprint density at radius 2 is 2.21 bits per heavy atom. The third-order valence-electron chi connectivity index (χ3n) is 2.69. The van der Waals surface area contributed by atoms with Gasteiger partial charge in [-0.1, -0.05) is 12.2 Å². The lowest BCUT2D eigenvalue weighted by Crippen LogP contribution is -2.13. The van der Waals surface area contributed by atoms with Crippen LogP contribution in [0.2, 0.25) is 0 Å². The van der Waals surface area contributed by atoms with Crippen molar-refractivity contribution in [1.29, 1.82) is 0 Å². The number of aromatic nitrogens is 3. The smallest absolute Gasteiger partial charge is 0.229 e. The molecule has 2 aromatic rings. The summed E-state index contributed by atoms with van der Waals surface area (Å²) in [5.74, 6) is 1.03. The van der Waals surface area contributed by atoms with Gasteiger partial charge in [0.1, 0.15) is 4.99 Å². The van der Waals surface area contributed by atoms with Crippen molar-refractivity contribution in [3.63, 3.8) is 0 Å². The summed E-state index contributed by atoms with van der Waals surface area (Å²) < 4.78 is 7.53. The molecule has 2 heterocycles. The van der Waals surface area contributed by atoms with Gasteiger partial charge in [0.05, 0.1) is 18.0 Å². The average molecular weight is 276 g/mol. The van der Waals surface area contributed by atoms with Gasteiger partial charge >= 0.3 is 0 Å². The second-order valence-electron chi connectivity index (χ2n) is 4.52. The van der Waals surface area contributed by atoms with E-state index < -0.39 is 0 Å². The van der Waals surface area contributed by atoms with E-state index in [0.29, 0.717) is 17.2 Å². The van der Waals surface area contributed by atoms with Gasteiger partial charge in [0, 0.05) is 12.2 Å². The Balaban J connectivity index is 2.32. The minimum Gasteiger partial charge on any atom is -0.435 e. The van der Waals surface area contributed by atoms with Crippen LogP contribution >= 0.6 is 12.2 Å². The summed E-state index contributed by atoms with van der Waals surface area (Å²) in [7, 11) is 0. The fourth-order valence-corrected chi connectivity index (χ4v) is 1.93. The Labute approximate surface area is 117 Å². The quantitative estimate of drug-likeness (QED) is 0.869. The van der Waals surface area contributed by atoms with Crippen molar-refractivity contribution in [2.24, 2.45) is 5.73 Å². The molecule has 5 nitrogen and oxygen atoms in total. The molecule has 2 N–H and O–H groups in total. The third kappa shape index (κ3) is 2.90. The Bertz CT molecular complexity index is 606. The molecule has 0 unspecified atom stereocenters. The molecular weight excluding hydrogens is 260 g/mol. The van der Waals surface area contributed by atoms with Crippen LogP contribution in [0.15, 0.2) is 24.7 Å². The van der Waals surface area contributed by atoms with E-state index in [2.05, 4.69) is 10.1 Å². The molecule has 0 fully saturated rings. The maximum absolute atomic E-state index is 5.72. The van der Waals surface area contributed by atoms with Crippen LogP contribution in [0.25, 0.3) is 0 Å². The lowest BCUT2D eigenvalue weighted by molar-refractivity contribution is 0.457. The molecule has 0 saturated heterocycles. The molecule has 0 spiro atoms. The first-order chi connectivity index (χ1) is 8.99. The molecular formula is C13H16N4OS. The number of thiocarbonyl (C=S) groups is 1. The maximum atomic E-state index is 5.72. The average Bonchev–Trinajstić information content (AvgIpc) is 2.77. The highest BCUT2D eigenvalue weighted by molar-refractivity contribution is 7.80. The third-order valence-corrected chi connectivity index (χ3v) is 2.90. The van der Waals surface area contributed by atoms with Crippen LogP contribution in [0.1, 0.15) is 31.0 Å². The molecule has 100 valence electrons. The second kappa shape index (κ2) is 5.36. The predicted octanol–water partition coefficient (Wildman–Crippen LogP) is 2.59. The number of nitrogens with zero attached hydrogens (tertiary/aromatic N) is 3. The number of pyridine rings is 1. The summed E-state index contributed by atoms with van der Waals surface area (Å²) in [5, 5.41) is 4.21. The van der Waals surface area contributed by atoms with Crippen LogP contribution in [0.4, 0.5) is 0 Å². The summed E-state index contributed by atoms with van der Waals surface area (Å²) in [6.45, 7) is 6.00. The van der Waals surface area contributed by atoms with Crippen LogP contribution in [-0.2, 0) is 0 Å². The van der Waals surface area contributed by atoms with E-state index in [1.807, 2.05) is 37.7 Å². The Morgan fingerprint density at radius 1 is 1.47 bits per heavy atom. The minimum atomic E-state index is 0.275. The van der Waals surface area contributed by atoms with Gasteiger partial charge in [0.15, 0.2) is 5.75 Å². The Hall–Kier alpha value is -1.95. The summed E-state index contributed by atoms with van der Waals surface area (Å²) in [6.07, 6.45) is 5.13. The zero-order valence-electron chi connectivity index (χ0n) is 11.1. The van der Waals surface area contributed by atoms with Crippen molar-refractivity contribution >= 4 is 17.2 Å². The largest absolute Gasteiger partial charge is 0.435 e. The summed E-state index contributed by atoms with van der Waals surface area (Å²) in [5.41, 5.74) is 7.31. The van der Waals surface area contributed by atoms with Crippen molar-refractivity contribution in [1.82, 2.24) is 14.8 Å². The molecule has 0 saturated carbocycles. The first-order valence-electron chi connectivity index (χ1n) is 5.96. The molecule has 0 aliphatic carbocycles. The summed E-state index contributed by atoms with van der Waals surface area (Å²) >= 11 is 5.04. The highest BCUT2D eigenvalue weighted by Crippen LogP contribution is 2.25. The highest BCUT2D eigenvalue weighted by atomic mass is 32.1. The van der Waals surface area contributed by atoms with Gasteiger partial charge < -0.3 is 10.5 Å². The van der Waals surface area contributed by atoms with E-state index in [4.69, 9.17) is 22.7 Å². The minimum absolute atomic E-state index is 0.275. The molecule has 0 bridgehead atoms. The normalized spacial score (nSPS) is 10.7. The van der Waals surface area contributed by atoms with Crippen molar-refractivity contribution < 1.29 is 4.74 Å². The lowest BCUT2D eigenvalue weighted by Gasteiger charge is -2.09. The number of ether oxygens (including phenoxy) is 1. The van der Waals surface area contributed by atoms with Crippen LogP contribution in [0.3, 0.4) is 0 Å². The Morgan fingerprint density at radius 3 is 2.79 bits per heavy atom. The molecule has 0 aromatic carbocycles. The first-order valence-corrected chi connectivity index (χ1v) is 6.37. The van der Waals surface area contributed by atoms with E-state index in [0.717, 1.165) is 5.56 Å². The zero-order valence-corrected chi connectivity index (χ0v) is 11.9. The monoisotopic (exact) mass is 276 g/mol. The predicted molar refractivity (Wildman–Crippen MR) is 77.5 cm³/mol. The molecule has 6 heteroatoms. The van der Waals surface area contributed by atoms with E-state index in [1.165, 1.54) is 0 Å². The molecule has 2 aromatic heterocycles. The molecule has 19 heavy (non-hydrogen) atoms. The molecule has 2 rings (SSSR count). The van der Waals surface area contributed by atoms with Crippen molar-refractivity contribution in [2.75, 3.05) is 0 Å². The van der Waals surface area contributed by atoms with Gasteiger partial charge in [-0.05, 0) is 32.4 Å². The van der Waals surface area contributed by atoms with Crippen molar-refractivity contribution in [3.05, 3.63) is 35.8 Å². The van der Waals surface area contributed by atoms with Crippen LogP contribution < -0.4 is 10.5 Å². The van der Waals surface area contributed by atoms with E-state index in [-0.39, 0.29) is 11.0 Å². The van der Waals surface area contributed by atoms with Gasteiger partial charge in [-0.15, -0.1) is 0 Å². The van der Waals surface area contributed by atoms with Gasteiger partial charge in [-0.25, -0.2) is 4.98 Å². The zero-order chi connectivity index (χ0) is 14.0. The van der Waals surface area contributed by atoms with Crippen molar-refractivity contribution in [2.45, 2.75) is 26.8 Å². The SMILES string of the molecule is Cc1ccnc(Oc2cnn(C(C)C)c2)c1C(N)=S. The topological polar surface area (TPSA) is 66.0 Å². The molecule has 0 amide bonds. The fourth-order valence-electron chi connectivity index (χ4n) is 1.68. The van der Waals surface area contributed by atoms with Crippen molar-refractivity contribution in [3.8, 4) is 11.6 Å². The van der Waals surface area contributed by atoms with E-state index >= 15 is 0 Å². The van der Waals surface area contributed by atoms with Gasteiger partial charge in [-0.3, -0.25) is 4.68 Å².